The zero-order valence-electron chi connectivity index (χ0n) is 12.9. The molecule has 0 atom stereocenters. The van der Waals surface area contributed by atoms with Gasteiger partial charge in [-0.15, -0.1) is 0 Å². The summed E-state index contributed by atoms with van der Waals surface area (Å²) in [6.07, 6.45) is 2.41. The smallest absolute Gasteiger partial charge is 0.278 e. The molecule has 1 saturated carbocycles. The predicted molar refractivity (Wildman–Crippen MR) is 82.4 cm³/mol. The molecule has 1 aliphatic carbocycles. The quantitative estimate of drug-likeness (QED) is 0.779. The fourth-order valence-electron chi connectivity index (χ4n) is 2.55. The zero-order chi connectivity index (χ0) is 15.8. The van der Waals surface area contributed by atoms with Gasteiger partial charge in [0.2, 0.25) is 5.82 Å². The summed E-state index contributed by atoms with van der Waals surface area (Å²) in [6.45, 7) is 0. The van der Waals surface area contributed by atoms with Crippen molar-refractivity contribution in [2.24, 2.45) is 0 Å². The Morgan fingerprint density at radius 2 is 2.09 bits per heavy atom. The molecule has 1 N–H and O–H groups in total. The molecular weight excluding hydrogens is 296 g/mol. The number of ether oxygens (including phenoxy) is 2. The Balaban J connectivity index is 1.70. The molecule has 1 aromatic carbocycles. The molecule has 0 unspecified atom stereocenters. The summed E-state index contributed by atoms with van der Waals surface area (Å²) < 4.78 is 16.1. The molecule has 0 spiro atoms. The average molecular weight is 312 g/mol. The first kappa shape index (κ1) is 13.8. The van der Waals surface area contributed by atoms with Crippen molar-refractivity contribution in [3.63, 3.8) is 0 Å². The lowest BCUT2D eigenvalue weighted by Crippen LogP contribution is -1.94. The van der Waals surface area contributed by atoms with Crippen molar-refractivity contribution in [2.45, 2.75) is 18.8 Å². The monoisotopic (exact) mass is 312 g/mol. The first-order valence-electron chi connectivity index (χ1n) is 7.41. The van der Waals surface area contributed by atoms with Gasteiger partial charge in [0.05, 0.1) is 19.8 Å². The van der Waals surface area contributed by atoms with Crippen molar-refractivity contribution in [3.05, 3.63) is 30.0 Å². The number of rotatable bonds is 5. The van der Waals surface area contributed by atoms with Crippen LogP contribution in [0.2, 0.25) is 0 Å². The molecule has 0 aliphatic heterocycles. The van der Waals surface area contributed by atoms with E-state index in [2.05, 4.69) is 20.3 Å². The number of H-pyrrole nitrogens is 1. The number of methoxy groups -OCH3 is 2. The summed E-state index contributed by atoms with van der Waals surface area (Å²) in [5.74, 6) is 2.60. The van der Waals surface area contributed by atoms with Gasteiger partial charge in [-0.1, -0.05) is 11.2 Å². The van der Waals surface area contributed by atoms with Gasteiger partial charge in [0.1, 0.15) is 0 Å². The average Bonchev–Trinajstić information content (AvgIpc) is 3.13. The van der Waals surface area contributed by atoms with Crippen LogP contribution in [0.25, 0.3) is 23.0 Å². The van der Waals surface area contributed by atoms with E-state index in [-0.39, 0.29) is 0 Å². The van der Waals surface area contributed by atoms with Crippen molar-refractivity contribution in [2.75, 3.05) is 14.2 Å². The molecule has 0 bridgehead atoms. The van der Waals surface area contributed by atoms with E-state index in [1.54, 1.807) is 14.2 Å². The second-order valence-corrected chi connectivity index (χ2v) is 5.45. The molecule has 7 heteroatoms. The van der Waals surface area contributed by atoms with Gasteiger partial charge in [-0.3, -0.25) is 5.10 Å². The normalized spacial score (nSPS) is 14.0. The highest BCUT2D eigenvalue weighted by molar-refractivity contribution is 5.69. The number of aromatic amines is 1. The van der Waals surface area contributed by atoms with Crippen molar-refractivity contribution in [3.8, 4) is 34.5 Å². The minimum atomic E-state index is 0.382. The van der Waals surface area contributed by atoms with Crippen LogP contribution in [0.5, 0.6) is 11.5 Å². The van der Waals surface area contributed by atoms with Crippen LogP contribution in [0, 0.1) is 0 Å². The summed E-state index contributed by atoms with van der Waals surface area (Å²) in [7, 11) is 3.17. The number of para-hydroxylation sites is 1. The SMILES string of the molecule is COc1cccc(-c2noc(-c3cc(C4CC4)[nH]n3)n2)c1OC. The third-order valence-corrected chi connectivity index (χ3v) is 3.90. The maximum Gasteiger partial charge on any atom is 0.278 e. The van der Waals surface area contributed by atoms with E-state index in [1.807, 2.05) is 24.3 Å². The van der Waals surface area contributed by atoms with E-state index in [0.717, 1.165) is 5.69 Å². The van der Waals surface area contributed by atoms with E-state index in [9.17, 15) is 0 Å². The van der Waals surface area contributed by atoms with Crippen molar-refractivity contribution in [1.29, 1.82) is 0 Å². The molecule has 2 heterocycles. The lowest BCUT2D eigenvalue weighted by atomic mass is 10.1. The molecular formula is C16H16N4O3. The second-order valence-electron chi connectivity index (χ2n) is 5.45. The molecule has 2 aromatic heterocycles. The highest BCUT2D eigenvalue weighted by Gasteiger charge is 2.27. The Bertz CT molecular complexity index is 835. The maximum atomic E-state index is 5.41. The van der Waals surface area contributed by atoms with E-state index in [4.69, 9.17) is 14.0 Å². The Morgan fingerprint density at radius 1 is 1.22 bits per heavy atom. The number of nitrogens with zero attached hydrogens (tertiary/aromatic N) is 3. The number of hydrogen-bond donors (Lipinski definition) is 1. The first-order chi connectivity index (χ1) is 11.3. The van der Waals surface area contributed by atoms with Crippen molar-refractivity contribution >= 4 is 0 Å². The van der Waals surface area contributed by atoms with Gasteiger partial charge in [-0.25, -0.2) is 0 Å². The molecule has 23 heavy (non-hydrogen) atoms. The molecule has 7 nitrogen and oxygen atoms in total. The fourth-order valence-corrected chi connectivity index (χ4v) is 2.55. The predicted octanol–water partition coefficient (Wildman–Crippen LogP) is 3.02. The van der Waals surface area contributed by atoms with E-state index in [0.29, 0.717) is 40.4 Å². The fraction of sp³-hybridized carbons (Fsp3) is 0.312. The molecule has 0 saturated heterocycles. The molecule has 4 rings (SSSR count). The first-order valence-corrected chi connectivity index (χ1v) is 7.41. The largest absolute Gasteiger partial charge is 0.493 e. The summed E-state index contributed by atoms with van der Waals surface area (Å²) in [4.78, 5) is 4.43. The third kappa shape index (κ3) is 2.44. The Hall–Kier alpha value is -2.83. The van der Waals surface area contributed by atoms with Gasteiger partial charge in [0.25, 0.3) is 5.89 Å². The number of benzene rings is 1. The molecule has 1 fully saturated rings. The van der Waals surface area contributed by atoms with Crippen LogP contribution in [0.4, 0.5) is 0 Å². The topological polar surface area (TPSA) is 86.1 Å². The Morgan fingerprint density at radius 3 is 2.83 bits per heavy atom. The molecule has 0 radical (unpaired) electrons. The minimum Gasteiger partial charge on any atom is -0.493 e. The summed E-state index contributed by atoms with van der Waals surface area (Å²) >= 11 is 0. The lowest BCUT2D eigenvalue weighted by molar-refractivity contribution is 0.355. The summed E-state index contributed by atoms with van der Waals surface area (Å²) in [5, 5.41) is 11.3. The Labute approximate surface area is 132 Å². The van der Waals surface area contributed by atoms with Crippen LogP contribution in [0.1, 0.15) is 24.5 Å². The maximum absolute atomic E-state index is 5.41. The van der Waals surface area contributed by atoms with Gasteiger partial charge in [-0.2, -0.15) is 10.1 Å². The van der Waals surface area contributed by atoms with Crippen LogP contribution in [0.15, 0.2) is 28.8 Å². The number of aromatic nitrogens is 4. The lowest BCUT2D eigenvalue weighted by Gasteiger charge is -2.09. The summed E-state index contributed by atoms with van der Waals surface area (Å²) in [5.41, 5.74) is 2.49. The highest BCUT2D eigenvalue weighted by atomic mass is 16.5. The van der Waals surface area contributed by atoms with Crippen LogP contribution in [-0.4, -0.2) is 34.6 Å². The summed E-state index contributed by atoms with van der Waals surface area (Å²) in [6, 6.07) is 7.50. The van der Waals surface area contributed by atoms with Crippen molar-refractivity contribution in [1.82, 2.24) is 20.3 Å². The standard InChI is InChI=1S/C16H16N4O3/c1-21-13-5-3-4-10(14(13)22-2)15-17-16(23-20-15)12-8-11(18-19-12)9-6-7-9/h3-5,8-9H,6-7H2,1-2H3,(H,18,19). The van der Waals surface area contributed by atoms with Gasteiger partial charge in [0.15, 0.2) is 17.2 Å². The number of hydrogen-bond acceptors (Lipinski definition) is 6. The number of nitrogens with one attached hydrogen (secondary N) is 1. The van der Waals surface area contributed by atoms with E-state index >= 15 is 0 Å². The van der Waals surface area contributed by atoms with Gasteiger partial charge >= 0.3 is 0 Å². The van der Waals surface area contributed by atoms with Crippen LogP contribution >= 0.6 is 0 Å². The third-order valence-electron chi connectivity index (χ3n) is 3.90. The van der Waals surface area contributed by atoms with Crippen LogP contribution in [-0.2, 0) is 0 Å². The van der Waals surface area contributed by atoms with Gasteiger partial charge < -0.3 is 14.0 Å². The molecule has 1 aliphatic rings. The second kappa shape index (κ2) is 5.42. The van der Waals surface area contributed by atoms with Gasteiger partial charge in [-0.05, 0) is 31.0 Å². The van der Waals surface area contributed by atoms with Crippen molar-refractivity contribution < 1.29 is 14.0 Å². The Kier molecular flexibility index (Phi) is 3.25. The highest BCUT2D eigenvalue weighted by Crippen LogP contribution is 2.40. The van der Waals surface area contributed by atoms with Crippen LogP contribution < -0.4 is 9.47 Å². The molecule has 0 amide bonds. The molecule has 3 aromatic rings. The van der Waals surface area contributed by atoms with Crippen LogP contribution in [0.3, 0.4) is 0 Å². The van der Waals surface area contributed by atoms with E-state index in [1.165, 1.54) is 12.8 Å². The molecule has 118 valence electrons. The minimum absolute atomic E-state index is 0.382. The zero-order valence-corrected chi connectivity index (χ0v) is 12.9. The van der Waals surface area contributed by atoms with E-state index < -0.39 is 0 Å². The van der Waals surface area contributed by atoms with Gasteiger partial charge in [0, 0.05) is 11.6 Å².